The molecule has 0 aromatic carbocycles. The van der Waals surface area contributed by atoms with E-state index < -0.39 is 0 Å². The largest absolute Gasteiger partial charge is 0.369 e. The summed E-state index contributed by atoms with van der Waals surface area (Å²) in [6.07, 6.45) is 6.91. The van der Waals surface area contributed by atoms with Crippen LogP contribution in [0.3, 0.4) is 0 Å². The van der Waals surface area contributed by atoms with Crippen molar-refractivity contribution in [2.45, 2.75) is 39.5 Å². The molecule has 1 aromatic rings. The minimum atomic E-state index is 0.541. The van der Waals surface area contributed by atoms with Crippen LogP contribution < -0.4 is 5.32 Å². The average molecular weight is 254 g/mol. The highest BCUT2D eigenvalue weighted by atomic mass is 35.5. The van der Waals surface area contributed by atoms with Gasteiger partial charge in [-0.1, -0.05) is 31.4 Å². The molecule has 94 valence electrons. The predicted molar refractivity (Wildman–Crippen MR) is 71.4 cm³/mol. The van der Waals surface area contributed by atoms with Crippen LogP contribution in [0.1, 0.15) is 38.2 Å². The zero-order valence-corrected chi connectivity index (χ0v) is 11.3. The minimum absolute atomic E-state index is 0.541. The lowest BCUT2D eigenvalue weighted by molar-refractivity contribution is 0.293. The number of nitrogens with one attached hydrogen (secondary N) is 1. The summed E-state index contributed by atoms with van der Waals surface area (Å²) < 4.78 is 0. The van der Waals surface area contributed by atoms with Gasteiger partial charge in [-0.3, -0.25) is 0 Å². The van der Waals surface area contributed by atoms with E-state index in [0.717, 1.165) is 29.8 Å². The Hall–Kier alpha value is -0.830. The molecule has 17 heavy (non-hydrogen) atoms. The van der Waals surface area contributed by atoms with Gasteiger partial charge < -0.3 is 5.32 Å². The first-order chi connectivity index (χ1) is 8.16. The van der Waals surface area contributed by atoms with Crippen molar-refractivity contribution in [2.75, 3.05) is 11.9 Å². The van der Waals surface area contributed by atoms with Gasteiger partial charge in [0.2, 0.25) is 0 Å². The molecule has 1 aliphatic rings. The molecule has 3 nitrogen and oxygen atoms in total. The van der Waals surface area contributed by atoms with Crippen LogP contribution in [0, 0.1) is 18.8 Å². The number of nitrogens with zero attached hydrogens (tertiary/aromatic N) is 2. The molecule has 2 rings (SSSR count). The number of halogens is 1. The Balaban J connectivity index is 1.91. The fourth-order valence-electron chi connectivity index (χ4n) is 2.59. The lowest BCUT2D eigenvalue weighted by Gasteiger charge is -2.27. The van der Waals surface area contributed by atoms with Gasteiger partial charge in [-0.15, -0.1) is 0 Å². The maximum absolute atomic E-state index is 5.97. The topological polar surface area (TPSA) is 37.8 Å². The number of aromatic nitrogens is 2. The molecule has 1 aromatic heterocycles. The molecule has 0 saturated heterocycles. The number of hydrogen-bond donors (Lipinski definition) is 1. The van der Waals surface area contributed by atoms with E-state index in [1.54, 1.807) is 0 Å². The smallest absolute Gasteiger partial charge is 0.137 e. The molecule has 1 heterocycles. The molecule has 0 spiro atoms. The Morgan fingerprint density at radius 3 is 3.00 bits per heavy atom. The molecule has 1 N–H and O–H groups in total. The van der Waals surface area contributed by atoms with Gasteiger partial charge in [-0.25, -0.2) is 9.97 Å². The van der Waals surface area contributed by atoms with E-state index in [9.17, 15) is 0 Å². The van der Waals surface area contributed by atoms with Crippen molar-refractivity contribution >= 4 is 17.4 Å². The first kappa shape index (κ1) is 12.6. The molecule has 1 aliphatic carbocycles. The second kappa shape index (κ2) is 5.67. The normalized spacial score (nSPS) is 24.6. The molecule has 1 fully saturated rings. The summed E-state index contributed by atoms with van der Waals surface area (Å²) in [7, 11) is 0. The fourth-order valence-corrected chi connectivity index (χ4v) is 2.73. The number of anilines is 1. The van der Waals surface area contributed by atoms with Gasteiger partial charge in [0, 0.05) is 12.1 Å². The van der Waals surface area contributed by atoms with E-state index >= 15 is 0 Å². The van der Waals surface area contributed by atoms with Crippen molar-refractivity contribution in [3.8, 4) is 0 Å². The van der Waals surface area contributed by atoms with E-state index in [0.29, 0.717) is 5.15 Å². The maximum Gasteiger partial charge on any atom is 0.137 e. The fraction of sp³-hybridized carbons (Fsp3) is 0.692. The van der Waals surface area contributed by atoms with Crippen molar-refractivity contribution in [3.05, 3.63) is 17.0 Å². The summed E-state index contributed by atoms with van der Waals surface area (Å²) >= 11 is 5.97. The predicted octanol–water partition coefficient (Wildman–Crippen LogP) is 3.68. The third kappa shape index (κ3) is 3.32. The summed E-state index contributed by atoms with van der Waals surface area (Å²) in [6, 6.07) is 0. The maximum atomic E-state index is 5.97. The third-order valence-corrected chi connectivity index (χ3v) is 4.01. The van der Waals surface area contributed by atoms with E-state index in [2.05, 4.69) is 22.2 Å². The molecular formula is C13H20ClN3. The quantitative estimate of drug-likeness (QED) is 0.835. The summed E-state index contributed by atoms with van der Waals surface area (Å²) in [5.74, 6) is 2.51. The first-order valence-electron chi connectivity index (χ1n) is 6.37. The number of hydrogen-bond acceptors (Lipinski definition) is 3. The lowest BCUT2D eigenvalue weighted by Crippen LogP contribution is -2.21. The van der Waals surface area contributed by atoms with Crippen molar-refractivity contribution in [1.29, 1.82) is 0 Å². The van der Waals surface area contributed by atoms with Crippen LogP contribution in [0.15, 0.2) is 6.33 Å². The second-order valence-electron chi connectivity index (χ2n) is 5.16. The SMILES string of the molecule is Cc1c(Cl)ncnc1NCC1CCCC(C)C1. The van der Waals surface area contributed by atoms with Crippen molar-refractivity contribution in [1.82, 2.24) is 9.97 Å². The molecule has 2 atom stereocenters. The minimum Gasteiger partial charge on any atom is -0.369 e. The molecule has 4 heteroatoms. The highest BCUT2D eigenvalue weighted by Crippen LogP contribution is 2.29. The first-order valence-corrected chi connectivity index (χ1v) is 6.75. The molecular weight excluding hydrogens is 234 g/mol. The molecule has 2 unspecified atom stereocenters. The van der Waals surface area contributed by atoms with Crippen LogP contribution in [-0.4, -0.2) is 16.5 Å². The Morgan fingerprint density at radius 2 is 2.24 bits per heavy atom. The van der Waals surface area contributed by atoms with E-state index in [4.69, 9.17) is 11.6 Å². The second-order valence-corrected chi connectivity index (χ2v) is 5.51. The van der Waals surface area contributed by atoms with Gasteiger partial charge in [-0.2, -0.15) is 0 Å². The van der Waals surface area contributed by atoms with Crippen LogP contribution in [-0.2, 0) is 0 Å². The molecule has 0 bridgehead atoms. The summed E-state index contributed by atoms with van der Waals surface area (Å²) in [5.41, 5.74) is 0.943. The van der Waals surface area contributed by atoms with Crippen molar-refractivity contribution in [2.24, 2.45) is 11.8 Å². The van der Waals surface area contributed by atoms with E-state index in [1.165, 1.54) is 32.0 Å². The van der Waals surface area contributed by atoms with Crippen LogP contribution in [0.5, 0.6) is 0 Å². The van der Waals surface area contributed by atoms with Gasteiger partial charge >= 0.3 is 0 Å². The molecule has 1 saturated carbocycles. The van der Waals surface area contributed by atoms with Gasteiger partial charge in [0.25, 0.3) is 0 Å². The third-order valence-electron chi connectivity index (χ3n) is 3.63. The zero-order valence-electron chi connectivity index (χ0n) is 10.5. The highest BCUT2D eigenvalue weighted by Gasteiger charge is 2.18. The standard InChI is InChI=1S/C13H20ClN3/c1-9-4-3-5-11(6-9)7-15-13-10(2)12(14)16-8-17-13/h8-9,11H,3-7H2,1-2H3,(H,15,16,17). The Labute approximate surface area is 108 Å². The van der Waals surface area contributed by atoms with Crippen LogP contribution in [0.2, 0.25) is 5.15 Å². The van der Waals surface area contributed by atoms with E-state index in [-0.39, 0.29) is 0 Å². The van der Waals surface area contributed by atoms with Gasteiger partial charge in [-0.05, 0) is 31.6 Å². The van der Waals surface area contributed by atoms with Gasteiger partial charge in [0.15, 0.2) is 0 Å². The Bertz CT molecular complexity index is 381. The summed E-state index contributed by atoms with van der Waals surface area (Å²) in [5, 5.41) is 3.95. The summed E-state index contributed by atoms with van der Waals surface area (Å²) in [6.45, 7) is 5.30. The Morgan fingerprint density at radius 1 is 1.41 bits per heavy atom. The van der Waals surface area contributed by atoms with Crippen molar-refractivity contribution < 1.29 is 0 Å². The highest BCUT2D eigenvalue weighted by molar-refractivity contribution is 6.30. The summed E-state index contributed by atoms with van der Waals surface area (Å²) in [4.78, 5) is 8.20. The lowest BCUT2D eigenvalue weighted by atomic mass is 9.82. The molecule has 0 aliphatic heterocycles. The van der Waals surface area contributed by atoms with Crippen molar-refractivity contribution in [3.63, 3.8) is 0 Å². The van der Waals surface area contributed by atoms with Crippen LogP contribution in [0.4, 0.5) is 5.82 Å². The Kier molecular flexibility index (Phi) is 4.21. The molecule has 0 radical (unpaired) electrons. The van der Waals surface area contributed by atoms with Crippen LogP contribution >= 0.6 is 11.6 Å². The monoisotopic (exact) mass is 253 g/mol. The zero-order chi connectivity index (χ0) is 12.3. The average Bonchev–Trinajstić information content (AvgIpc) is 2.31. The number of rotatable bonds is 3. The van der Waals surface area contributed by atoms with Gasteiger partial charge in [0.05, 0.1) is 0 Å². The van der Waals surface area contributed by atoms with Crippen LogP contribution in [0.25, 0.3) is 0 Å². The van der Waals surface area contributed by atoms with E-state index in [1.807, 2.05) is 6.92 Å². The molecule has 0 amide bonds. The van der Waals surface area contributed by atoms with Gasteiger partial charge in [0.1, 0.15) is 17.3 Å².